The van der Waals surface area contributed by atoms with Crippen LogP contribution >= 0.6 is 36.4 Å². The minimum absolute atomic E-state index is 0. The maximum atomic E-state index is 12.9. The van der Waals surface area contributed by atoms with Gasteiger partial charge < -0.3 is 15.4 Å². The van der Waals surface area contributed by atoms with Gasteiger partial charge in [0.25, 0.3) is 5.91 Å². The van der Waals surface area contributed by atoms with Gasteiger partial charge in [-0.2, -0.15) is 0 Å². The molecule has 6 nitrogen and oxygen atoms in total. The maximum Gasteiger partial charge on any atom is 0.257 e. The van der Waals surface area contributed by atoms with Crippen LogP contribution in [-0.4, -0.2) is 79.1 Å². The summed E-state index contributed by atoms with van der Waals surface area (Å²) in [5.41, 5.74) is 6.71. The van der Waals surface area contributed by atoms with E-state index in [9.17, 15) is 4.79 Å². The van der Waals surface area contributed by atoms with E-state index in [1.54, 1.807) is 12.1 Å². The summed E-state index contributed by atoms with van der Waals surface area (Å²) in [6, 6.07) is 4.60. The fourth-order valence-corrected chi connectivity index (χ4v) is 4.36. The molecule has 2 heterocycles. The van der Waals surface area contributed by atoms with E-state index in [-0.39, 0.29) is 30.7 Å². The summed E-state index contributed by atoms with van der Waals surface area (Å²) in [4.78, 5) is 19.9. The minimum Gasteiger partial charge on any atom is -0.496 e. The van der Waals surface area contributed by atoms with Crippen molar-refractivity contribution in [1.82, 2.24) is 14.7 Å². The fourth-order valence-electron chi connectivity index (χ4n) is 4.20. The Labute approximate surface area is 191 Å². The van der Waals surface area contributed by atoms with E-state index in [2.05, 4.69) is 23.6 Å². The van der Waals surface area contributed by atoms with E-state index in [1.165, 1.54) is 20.0 Å². The van der Waals surface area contributed by atoms with Crippen LogP contribution in [0.3, 0.4) is 0 Å². The van der Waals surface area contributed by atoms with Crippen molar-refractivity contribution in [3.63, 3.8) is 0 Å². The number of carbonyl (C=O) groups excluding carboxylic acids is 1. The van der Waals surface area contributed by atoms with Gasteiger partial charge in [-0.15, -0.1) is 24.8 Å². The molecule has 2 aliphatic rings. The van der Waals surface area contributed by atoms with Crippen LogP contribution < -0.4 is 10.5 Å². The zero-order valence-electron chi connectivity index (χ0n) is 17.4. The van der Waals surface area contributed by atoms with Crippen LogP contribution in [0.5, 0.6) is 5.75 Å². The highest BCUT2D eigenvalue weighted by atomic mass is 35.5. The van der Waals surface area contributed by atoms with E-state index in [0.717, 1.165) is 39.3 Å². The predicted molar refractivity (Wildman–Crippen MR) is 124 cm³/mol. The van der Waals surface area contributed by atoms with Crippen molar-refractivity contribution in [2.75, 3.05) is 52.1 Å². The van der Waals surface area contributed by atoms with Crippen LogP contribution in [0.15, 0.2) is 12.1 Å². The molecule has 2 N–H and O–H groups in total. The van der Waals surface area contributed by atoms with E-state index < -0.39 is 0 Å². The quantitative estimate of drug-likeness (QED) is 0.673. The van der Waals surface area contributed by atoms with E-state index >= 15 is 0 Å². The number of halogens is 3. The molecule has 0 aromatic heterocycles. The average Bonchev–Trinajstić information content (AvgIpc) is 2.99. The topological polar surface area (TPSA) is 62.0 Å². The molecule has 0 radical (unpaired) electrons. The summed E-state index contributed by atoms with van der Waals surface area (Å²) < 4.78 is 5.33. The fraction of sp³-hybridized carbons (Fsp3) is 0.650. The first kappa shape index (κ1) is 26.1. The first-order valence-electron chi connectivity index (χ1n) is 9.81. The summed E-state index contributed by atoms with van der Waals surface area (Å²) >= 11 is 6.11. The Kier molecular flexibility index (Phi) is 10.3. The van der Waals surface area contributed by atoms with Crippen molar-refractivity contribution in [2.45, 2.75) is 38.8 Å². The minimum atomic E-state index is -0.0461. The number of hydrogen-bond donors (Lipinski definition) is 1. The Morgan fingerprint density at radius 1 is 1.10 bits per heavy atom. The van der Waals surface area contributed by atoms with Crippen molar-refractivity contribution in [3.05, 3.63) is 22.7 Å². The molecule has 0 saturated carbocycles. The maximum absolute atomic E-state index is 12.9. The van der Waals surface area contributed by atoms with Gasteiger partial charge in [0.05, 0.1) is 23.4 Å². The Hall–Kier alpha value is -0.920. The van der Waals surface area contributed by atoms with Crippen LogP contribution in [-0.2, 0) is 0 Å². The van der Waals surface area contributed by atoms with Gasteiger partial charge in [0.2, 0.25) is 0 Å². The van der Waals surface area contributed by atoms with Crippen molar-refractivity contribution in [2.24, 2.45) is 0 Å². The number of nitrogen functional groups attached to an aromatic ring is 1. The Morgan fingerprint density at radius 2 is 1.69 bits per heavy atom. The van der Waals surface area contributed by atoms with Crippen LogP contribution in [0.2, 0.25) is 5.02 Å². The first-order chi connectivity index (χ1) is 12.9. The van der Waals surface area contributed by atoms with E-state index in [4.69, 9.17) is 22.1 Å². The third-order valence-corrected chi connectivity index (χ3v) is 6.34. The van der Waals surface area contributed by atoms with Crippen LogP contribution in [0.4, 0.5) is 5.69 Å². The number of nitrogens with two attached hydrogens (primary N) is 1. The van der Waals surface area contributed by atoms with Gasteiger partial charge in [0, 0.05) is 57.4 Å². The average molecular weight is 468 g/mol. The number of likely N-dealkylation sites (tertiary alicyclic amines) is 1. The van der Waals surface area contributed by atoms with Gasteiger partial charge in [-0.25, -0.2) is 0 Å². The van der Waals surface area contributed by atoms with E-state index in [1.807, 2.05) is 4.90 Å². The molecule has 2 saturated heterocycles. The molecule has 0 bridgehead atoms. The molecule has 166 valence electrons. The smallest absolute Gasteiger partial charge is 0.257 e. The van der Waals surface area contributed by atoms with Crippen molar-refractivity contribution >= 4 is 48.0 Å². The molecule has 9 heteroatoms. The highest BCUT2D eigenvalue weighted by Gasteiger charge is 2.29. The number of nitrogens with zero attached hydrogens (tertiary/aromatic N) is 3. The first-order valence-corrected chi connectivity index (χ1v) is 10.2. The zero-order chi connectivity index (χ0) is 19.6. The lowest BCUT2D eigenvalue weighted by atomic mass is 10.1. The van der Waals surface area contributed by atoms with Crippen LogP contribution in [0.1, 0.15) is 37.0 Å². The lowest BCUT2D eigenvalue weighted by Gasteiger charge is -2.36. The molecule has 1 aromatic carbocycles. The molecule has 29 heavy (non-hydrogen) atoms. The van der Waals surface area contributed by atoms with Gasteiger partial charge in [0.1, 0.15) is 5.75 Å². The number of amides is 1. The molecule has 2 aliphatic heterocycles. The molecule has 1 amide bonds. The van der Waals surface area contributed by atoms with Gasteiger partial charge in [0.15, 0.2) is 0 Å². The van der Waals surface area contributed by atoms with Gasteiger partial charge in [-0.1, -0.05) is 11.6 Å². The second kappa shape index (κ2) is 11.5. The Bertz CT molecular complexity index is 674. The molecule has 1 aromatic rings. The second-order valence-corrected chi connectivity index (χ2v) is 8.13. The van der Waals surface area contributed by atoms with Gasteiger partial charge in [-0.05, 0) is 32.8 Å². The Morgan fingerprint density at radius 3 is 2.24 bits per heavy atom. The summed E-state index contributed by atoms with van der Waals surface area (Å²) in [6.45, 7) is 10.0. The molecular weight excluding hydrogens is 435 g/mol. The summed E-state index contributed by atoms with van der Waals surface area (Å²) in [5.74, 6) is 0.427. The lowest BCUT2D eigenvalue weighted by molar-refractivity contribution is 0.0611. The molecule has 3 rings (SSSR count). The summed E-state index contributed by atoms with van der Waals surface area (Å²) in [6.07, 6.45) is 2.60. The SMILES string of the molecule is COc1cc(N)c(Cl)cc1C(=O)N1CCN(CCN2C(C)CCC2C)CC1.Cl.Cl. The Balaban J connectivity index is 0.00000210. The molecule has 2 unspecified atom stereocenters. The molecule has 0 aliphatic carbocycles. The number of anilines is 1. The summed E-state index contributed by atoms with van der Waals surface area (Å²) in [7, 11) is 1.54. The number of ether oxygens (including phenoxy) is 1. The van der Waals surface area contributed by atoms with Crippen molar-refractivity contribution < 1.29 is 9.53 Å². The largest absolute Gasteiger partial charge is 0.496 e. The van der Waals surface area contributed by atoms with Crippen LogP contribution in [0, 0.1) is 0 Å². The normalized spacial score (nSPS) is 22.7. The third-order valence-electron chi connectivity index (χ3n) is 6.02. The molecule has 2 atom stereocenters. The van der Waals surface area contributed by atoms with Crippen molar-refractivity contribution in [3.8, 4) is 5.75 Å². The van der Waals surface area contributed by atoms with Gasteiger partial charge in [-0.3, -0.25) is 14.6 Å². The highest BCUT2D eigenvalue weighted by Crippen LogP contribution is 2.30. The van der Waals surface area contributed by atoms with Crippen LogP contribution in [0.25, 0.3) is 0 Å². The second-order valence-electron chi connectivity index (χ2n) is 7.72. The zero-order valence-corrected chi connectivity index (χ0v) is 19.8. The predicted octanol–water partition coefficient (Wildman–Crippen LogP) is 3.41. The lowest BCUT2D eigenvalue weighted by Crippen LogP contribution is -2.50. The standard InChI is InChI=1S/C20H31ClN4O2.2ClH/c1-14-4-5-15(2)25(14)11-8-23-6-9-24(10-7-23)20(26)16-12-17(21)18(22)13-19(16)27-3;;/h12-15H,4-11,22H2,1-3H3;2*1H. The summed E-state index contributed by atoms with van der Waals surface area (Å²) in [5, 5.41) is 0.381. The number of piperazine rings is 1. The highest BCUT2D eigenvalue weighted by molar-refractivity contribution is 6.33. The van der Waals surface area contributed by atoms with E-state index in [0.29, 0.717) is 34.1 Å². The monoisotopic (exact) mass is 466 g/mol. The third kappa shape index (κ3) is 6.05. The molecule has 0 spiro atoms. The number of methoxy groups -OCH3 is 1. The number of carbonyl (C=O) groups is 1. The van der Waals surface area contributed by atoms with Crippen molar-refractivity contribution in [1.29, 1.82) is 0 Å². The number of hydrogen-bond acceptors (Lipinski definition) is 5. The van der Waals surface area contributed by atoms with Gasteiger partial charge >= 0.3 is 0 Å². The molecular formula is C20H33Cl3N4O2. The number of benzene rings is 1. The molecule has 2 fully saturated rings. The number of rotatable bonds is 5.